The van der Waals surface area contributed by atoms with E-state index < -0.39 is 5.97 Å². The molecule has 0 aromatic heterocycles. The molecule has 2 unspecified atom stereocenters. The smallest absolute Gasteiger partial charge is 0.339 e. The lowest BCUT2D eigenvalue weighted by molar-refractivity contribution is 0.00924. The molecule has 0 bridgehead atoms. The fourth-order valence-corrected chi connectivity index (χ4v) is 2.44. The van der Waals surface area contributed by atoms with Gasteiger partial charge in [-0.3, -0.25) is 0 Å². The maximum atomic E-state index is 13.4. The van der Waals surface area contributed by atoms with Crippen LogP contribution in [0.5, 0.6) is 0 Å². The van der Waals surface area contributed by atoms with Crippen molar-refractivity contribution < 1.29 is 18.7 Å². The Labute approximate surface area is 118 Å². The van der Waals surface area contributed by atoms with Crippen LogP contribution < -0.4 is 5.32 Å². The Hall–Kier alpha value is -1.62. The Morgan fingerprint density at radius 2 is 2.35 bits per heavy atom. The molecule has 2 rings (SSSR count). The lowest BCUT2D eigenvalue weighted by Gasteiger charge is -2.30. The van der Waals surface area contributed by atoms with Crippen molar-refractivity contribution in [1.82, 2.24) is 0 Å². The standard InChI is InChI=1S/C15H20FNO3/c1-3-12-9-11(6-7-20-12)17-14-8-10(16)4-5-13(14)15(18)19-2/h4-5,8,11-12,17H,3,6-7,9H2,1-2H3. The largest absolute Gasteiger partial charge is 0.465 e. The molecule has 1 saturated heterocycles. The van der Waals surface area contributed by atoms with Crippen molar-refractivity contribution >= 4 is 11.7 Å². The van der Waals surface area contributed by atoms with Gasteiger partial charge in [0.25, 0.3) is 0 Å². The van der Waals surface area contributed by atoms with Crippen molar-refractivity contribution in [2.45, 2.75) is 38.3 Å². The number of carbonyl (C=O) groups is 1. The van der Waals surface area contributed by atoms with Crippen LogP contribution in [0.2, 0.25) is 0 Å². The molecule has 0 spiro atoms. The molecule has 1 aliphatic rings. The monoisotopic (exact) mass is 281 g/mol. The molecule has 110 valence electrons. The topological polar surface area (TPSA) is 47.6 Å². The molecule has 5 heteroatoms. The van der Waals surface area contributed by atoms with Crippen LogP contribution in [0.25, 0.3) is 0 Å². The number of hydrogen-bond donors (Lipinski definition) is 1. The van der Waals surface area contributed by atoms with Gasteiger partial charge in [0.15, 0.2) is 0 Å². The molecule has 1 N–H and O–H groups in total. The first kappa shape index (κ1) is 14.8. The highest BCUT2D eigenvalue weighted by Crippen LogP contribution is 2.24. The summed E-state index contributed by atoms with van der Waals surface area (Å²) in [6.07, 6.45) is 2.86. The van der Waals surface area contributed by atoms with Crippen molar-refractivity contribution in [3.05, 3.63) is 29.6 Å². The molecular weight excluding hydrogens is 261 g/mol. The molecule has 0 aliphatic carbocycles. The van der Waals surface area contributed by atoms with E-state index in [4.69, 9.17) is 9.47 Å². The fourth-order valence-electron chi connectivity index (χ4n) is 2.44. The van der Waals surface area contributed by atoms with Gasteiger partial charge in [0, 0.05) is 12.6 Å². The highest BCUT2D eigenvalue weighted by atomic mass is 19.1. The fraction of sp³-hybridized carbons (Fsp3) is 0.533. The zero-order chi connectivity index (χ0) is 14.5. The van der Waals surface area contributed by atoms with Gasteiger partial charge in [-0.25, -0.2) is 9.18 Å². The number of anilines is 1. The molecule has 1 aromatic carbocycles. The Balaban J connectivity index is 2.15. The molecule has 4 nitrogen and oxygen atoms in total. The molecule has 1 aromatic rings. The molecular formula is C15H20FNO3. The van der Waals surface area contributed by atoms with Crippen molar-refractivity contribution in [3.63, 3.8) is 0 Å². The van der Waals surface area contributed by atoms with E-state index in [1.54, 1.807) is 0 Å². The molecule has 0 radical (unpaired) electrons. The van der Waals surface area contributed by atoms with Crippen LogP contribution in [0.3, 0.4) is 0 Å². The van der Waals surface area contributed by atoms with E-state index in [2.05, 4.69) is 12.2 Å². The first-order valence-corrected chi connectivity index (χ1v) is 6.90. The van der Waals surface area contributed by atoms with E-state index in [1.807, 2.05) is 0 Å². The van der Waals surface area contributed by atoms with Gasteiger partial charge in [-0.15, -0.1) is 0 Å². The molecule has 1 aliphatic heterocycles. The lowest BCUT2D eigenvalue weighted by atomic mass is 10.0. The van der Waals surface area contributed by atoms with Crippen LogP contribution in [0, 0.1) is 5.82 Å². The summed E-state index contributed by atoms with van der Waals surface area (Å²) >= 11 is 0. The second-order valence-electron chi connectivity index (χ2n) is 4.95. The first-order valence-electron chi connectivity index (χ1n) is 6.90. The Kier molecular flexibility index (Phi) is 4.95. The van der Waals surface area contributed by atoms with Crippen molar-refractivity contribution in [2.24, 2.45) is 0 Å². The number of halogens is 1. The zero-order valence-electron chi connectivity index (χ0n) is 11.8. The number of hydrogen-bond acceptors (Lipinski definition) is 4. The van der Waals surface area contributed by atoms with Crippen molar-refractivity contribution in [3.8, 4) is 0 Å². The normalized spacial score (nSPS) is 22.4. The molecule has 20 heavy (non-hydrogen) atoms. The number of nitrogens with one attached hydrogen (secondary N) is 1. The summed E-state index contributed by atoms with van der Waals surface area (Å²) in [4.78, 5) is 11.7. The van der Waals surface area contributed by atoms with Gasteiger partial charge in [0.2, 0.25) is 0 Å². The van der Waals surface area contributed by atoms with E-state index in [0.717, 1.165) is 19.3 Å². The van der Waals surface area contributed by atoms with Gasteiger partial charge in [0.1, 0.15) is 5.82 Å². The van der Waals surface area contributed by atoms with Gasteiger partial charge in [-0.2, -0.15) is 0 Å². The number of carbonyl (C=O) groups excluding carboxylic acids is 1. The summed E-state index contributed by atoms with van der Waals surface area (Å²) < 4.78 is 23.7. The number of benzene rings is 1. The summed E-state index contributed by atoms with van der Waals surface area (Å²) in [7, 11) is 1.32. The average Bonchev–Trinajstić information content (AvgIpc) is 2.47. The lowest BCUT2D eigenvalue weighted by Crippen LogP contribution is -2.34. The second kappa shape index (κ2) is 6.70. The number of esters is 1. The van der Waals surface area contributed by atoms with Crippen LogP contribution in [0.4, 0.5) is 10.1 Å². The summed E-state index contributed by atoms with van der Waals surface area (Å²) in [5.74, 6) is -0.842. The van der Waals surface area contributed by atoms with Crippen LogP contribution in [-0.2, 0) is 9.47 Å². The van der Waals surface area contributed by atoms with Gasteiger partial charge in [-0.05, 0) is 37.5 Å². The van der Waals surface area contributed by atoms with Crippen LogP contribution in [0.15, 0.2) is 18.2 Å². The Morgan fingerprint density at radius 3 is 3.05 bits per heavy atom. The average molecular weight is 281 g/mol. The third kappa shape index (κ3) is 3.48. The van der Waals surface area contributed by atoms with Crippen LogP contribution >= 0.6 is 0 Å². The quantitative estimate of drug-likeness (QED) is 0.862. The maximum absolute atomic E-state index is 13.4. The third-order valence-electron chi connectivity index (χ3n) is 3.57. The number of ether oxygens (including phenoxy) is 2. The van der Waals surface area contributed by atoms with E-state index in [0.29, 0.717) is 17.9 Å². The predicted molar refractivity (Wildman–Crippen MR) is 74.4 cm³/mol. The van der Waals surface area contributed by atoms with E-state index in [1.165, 1.54) is 25.3 Å². The first-order chi connectivity index (χ1) is 9.63. The van der Waals surface area contributed by atoms with Crippen LogP contribution in [0.1, 0.15) is 36.5 Å². The van der Waals surface area contributed by atoms with Crippen LogP contribution in [-0.4, -0.2) is 31.8 Å². The summed E-state index contributed by atoms with van der Waals surface area (Å²) in [6, 6.07) is 4.22. The molecule has 2 atom stereocenters. The summed E-state index contributed by atoms with van der Waals surface area (Å²) in [5.41, 5.74) is 0.840. The van der Waals surface area contributed by atoms with E-state index >= 15 is 0 Å². The molecule has 0 amide bonds. The Morgan fingerprint density at radius 1 is 1.55 bits per heavy atom. The third-order valence-corrected chi connectivity index (χ3v) is 3.57. The zero-order valence-corrected chi connectivity index (χ0v) is 11.8. The highest BCUT2D eigenvalue weighted by Gasteiger charge is 2.23. The van der Waals surface area contributed by atoms with Gasteiger partial charge in [-0.1, -0.05) is 6.92 Å². The predicted octanol–water partition coefficient (Wildman–Crippen LogP) is 2.98. The summed E-state index contributed by atoms with van der Waals surface area (Å²) in [5, 5.41) is 3.25. The van der Waals surface area contributed by atoms with Gasteiger partial charge >= 0.3 is 5.97 Å². The van der Waals surface area contributed by atoms with E-state index in [9.17, 15) is 9.18 Å². The Bertz CT molecular complexity index is 478. The second-order valence-corrected chi connectivity index (χ2v) is 4.95. The number of rotatable bonds is 4. The van der Waals surface area contributed by atoms with E-state index in [-0.39, 0.29) is 18.0 Å². The minimum Gasteiger partial charge on any atom is -0.465 e. The number of methoxy groups -OCH3 is 1. The highest BCUT2D eigenvalue weighted by molar-refractivity contribution is 5.95. The molecule has 0 saturated carbocycles. The maximum Gasteiger partial charge on any atom is 0.339 e. The molecule has 1 fully saturated rings. The SMILES string of the molecule is CCC1CC(Nc2cc(F)ccc2C(=O)OC)CCO1. The van der Waals surface area contributed by atoms with Crippen molar-refractivity contribution in [2.75, 3.05) is 19.0 Å². The van der Waals surface area contributed by atoms with Crippen molar-refractivity contribution in [1.29, 1.82) is 0 Å². The molecule has 1 heterocycles. The summed E-state index contributed by atoms with van der Waals surface area (Å²) in [6.45, 7) is 2.76. The minimum absolute atomic E-state index is 0.180. The van der Waals surface area contributed by atoms with Gasteiger partial charge < -0.3 is 14.8 Å². The van der Waals surface area contributed by atoms with Gasteiger partial charge in [0.05, 0.1) is 24.5 Å². The minimum atomic E-state index is -0.466.